The van der Waals surface area contributed by atoms with Crippen molar-refractivity contribution in [3.8, 4) is 11.5 Å². The summed E-state index contributed by atoms with van der Waals surface area (Å²) in [5.74, 6) is 1.92. The molecule has 1 amide bonds. The lowest BCUT2D eigenvalue weighted by molar-refractivity contribution is -0.130. The van der Waals surface area contributed by atoms with E-state index < -0.39 is 0 Å². The van der Waals surface area contributed by atoms with E-state index >= 15 is 0 Å². The monoisotopic (exact) mass is 364 g/mol. The summed E-state index contributed by atoms with van der Waals surface area (Å²) in [4.78, 5) is 33.7. The van der Waals surface area contributed by atoms with E-state index in [9.17, 15) is 4.79 Å². The lowest BCUT2D eigenvalue weighted by atomic mass is 10.2. The van der Waals surface area contributed by atoms with E-state index in [-0.39, 0.29) is 12.3 Å². The Morgan fingerprint density at radius 2 is 1.89 bits per heavy atom. The highest BCUT2D eigenvalue weighted by atomic mass is 16.4. The van der Waals surface area contributed by atoms with Crippen molar-refractivity contribution in [3.05, 3.63) is 54.4 Å². The third-order valence-electron chi connectivity index (χ3n) is 4.59. The number of oxazole rings is 1. The van der Waals surface area contributed by atoms with Crippen molar-refractivity contribution >= 4 is 11.9 Å². The van der Waals surface area contributed by atoms with Gasteiger partial charge in [0, 0.05) is 51.0 Å². The van der Waals surface area contributed by atoms with Crippen LogP contribution in [0.2, 0.25) is 0 Å². The molecule has 0 spiro atoms. The minimum atomic E-state index is 0.0535. The molecule has 3 aromatic heterocycles. The SMILES string of the molecule is Cc1oc(-c2cccnc2)nc1CC(=O)N1CCN(c2ncccn2)CC1. The highest BCUT2D eigenvalue weighted by molar-refractivity contribution is 5.79. The fourth-order valence-electron chi connectivity index (χ4n) is 3.07. The lowest BCUT2D eigenvalue weighted by Crippen LogP contribution is -2.49. The maximum absolute atomic E-state index is 12.7. The van der Waals surface area contributed by atoms with Crippen LogP contribution < -0.4 is 4.90 Å². The van der Waals surface area contributed by atoms with Gasteiger partial charge < -0.3 is 14.2 Å². The summed E-state index contributed by atoms with van der Waals surface area (Å²) in [5, 5.41) is 0. The van der Waals surface area contributed by atoms with Gasteiger partial charge in [0.05, 0.1) is 17.7 Å². The van der Waals surface area contributed by atoms with Gasteiger partial charge in [0.15, 0.2) is 0 Å². The Morgan fingerprint density at radius 3 is 2.59 bits per heavy atom. The van der Waals surface area contributed by atoms with Gasteiger partial charge in [-0.25, -0.2) is 15.0 Å². The van der Waals surface area contributed by atoms with Gasteiger partial charge >= 0.3 is 0 Å². The molecule has 4 heterocycles. The lowest BCUT2D eigenvalue weighted by Gasteiger charge is -2.34. The van der Waals surface area contributed by atoms with E-state index in [2.05, 4.69) is 24.8 Å². The van der Waals surface area contributed by atoms with Crippen LogP contribution in [0.1, 0.15) is 11.5 Å². The number of hydrogen-bond donors (Lipinski definition) is 0. The van der Waals surface area contributed by atoms with Gasteiger partial charge in [-0.15, -0.1) is 0 Å². The maximum Gasteiger partial charge on any atom is 0.228 e. The first-order valence-electron chi connectivity index (χ1n) is 8.87. The van der Waals surface area contributed by atoms with Crippen LogP contribution >= 0.6 is 0 Å². The van der Waals surface area contributed by atoms with E-state index in [1.54, 1.807) is 30.9 Å². The van der Waals surface area contributed by atoms with Crippen LogP contribution in [0.15, 0.2) is 47.4 Å². The fourth-order valence-corrected chi connectivity index (χ4v) is 3.07. The van der Waals surface area contributed by atoms with Crippen LogP contribution in [-0.4, -0.2) is 56.9 Å². The molecule has 138 valence electrons. The number of nitrogens with zero attached hydrogens (tertiary/aromatic N) is 6. The van der Waals surface area contributed by atoms with Gasteiger partial charge in [0.25, 0.3) is 0 Å². The summed E-state index contributed by atoms with van der Waals surface area (Å²) in [7, 11) is 0. The summed E-state index contributed by atoms with van der Waals surface area (Å²) in [6.07, 6.45) is 7.09. The van der Waals surface area contributed by atoms with Crippen LogP contribution in [-0.2, 0) is 11.2 Å². The molecule has 1 fully saturated rings. The fraction of sp³-hybridized carbons (Fsp3) is 0.316. The number of carbonyl (C=O) groups excluding carboxylic acids is 1. The number of rotatable bonds is 4. The van der Waals surface area contributed by atoms with Crippen molar-refractivity contribution in [2.24, 2.45) is 0 Å². The van der Waals surface area contributed by atoms with Gasteiger partial charge in [-0.2, -0.15) is 0 Å². The molecule has 1 aliphatic rings. The molecule has 3 aromatic rings. The Balaban J connectivity index is 1.38. The number of carbonyl (C=O) groups is 1. The zero-order chi connectivity index (χ0) is 18.6. The number of pyridine rings is 1. The third kappa shape index (κ3) is 3.79. The summed E-state index contributed by atoms with van der Waals surface area (Å²) >= 11 is 0. The first-order chi connectivity index (χ1) is 13.2. The van der Waals surface area contributed by atoms with Crippen molar-refractivity contribution in [2.45, 2.75) is 13.3 Å². The average molecular weight is 364 g/mol. The van der Waals surface area contributed by atoms with E-state index in [1.165, 1.54) is 0 Å². The van der Waals surface area contributed by atoms with Gasteiger partial charge in [0.2, 0.25) is 17.7 Å². The van der Waals surface area contributed by atoms with Gasteiger partial charge in [-0.3, -0.25) is 9.78 Å². The Morgan fingerprint density at radius 1 is 1.11 bits per heavy atom. The van der Waals surface area contributed by atoms with Crippen molar-refractivity contribution in [2.75, 3.05) is 31.1 Å². The van der Waals surface area contributed by atoms with Crippen molar-refractivity contribution in [1.82, 2.24) is 24.8 Å². The van der Waals surface area contributed by atoms with Crippen LogP contribution in [0, 0.1) is 6.92 Å². The molecule has 0 bridgehead atoms. The predicted octanol–water partition coefficient (Wildman–Crippen LogP) is 1.73. The molecule has 0 N–H and O–H groups in total. The molecule has 0 aliphatic carbocycles. The normalized spacial score (nSPS) is 14.4. The topological polar surface area (TPSA) is 88.3 Å². The number of aromatic nitrogens is 4. The van der Waals surface area contributed by atoms with Crippen LogP contribution in [0.3, 0.4) is 0 Å². The second-order valence-corrected chi connectivity index (χ2v) is 6.36. The Kier molecular flexibility index (Phi) is 4.78. The Hall–Kier alpha value is -3.29. The maximum atomic E-state index is 12.7. The molecular formula is C19H20N6O2. The molecule has 27 heavy (non-hydrogen) atoms. The third-order valence-corrected chi connectivity index (χ3v) is 4.59. The smallest absolute Gasteiger partial charge is 0.228 e. The number of hydrogen-bond acceptors (Lipinski definition) is 7. The Bertz CT molecular complexity index is 904. The summed E-state index contributed by atoms with van der Waals surface area (Å²) in [6, 6.07) is 5.51. The molecule has 8 heteroatoms. The minimum Gasteiger partial charge on any atom is -0.441 e. The molecule has 1 saturated heterocycles. The summed E-state index contributed by atoms with van der Waals surface area (Å²) < 4.78 is 5.72. The molecule has 0 radical (unpaired) electrons. The van der Waals surface area contributed by atoms with Gasteiger partial charge in [-0.05, 0) is 25.1 Å². The molecule has 1 aliphatic heterocycles. The van der Waals surface area contributed by atoms with E-state index in [4.69, 9.17) is 4.42 Å². The van der Waals surface area contributed by atoms with Crippen LogP contribution in [0.4, 0.5) is 5.95 Å². The molecule has 8 nitrogen and oxygen atoms in total. The zero-order valence-electron chi connectivity index (χ0n) is 15.1. The number of aryl methyl sites for hydroxylation is 1. The van der Waals surface area contributed by atoms with Gasteiger partial charge in [-0.1, -0.05) is 0 Å². The largest absolute Gasteiger partial charge is 0.441 e. The molecule has 0 saturated carbocycles. The number of anilines is 1. The zero-order valence-corrected chi connectivity index (χ0v) is 15.1. The van der Waals surface area contributed by atoms with Gasteiger partial charge in [0.1, 0.15) is 5.76 Å². The standard InChI is InChI=1S/C19H20N6O2/c1-14-16(23-18(27-14)15-4-2-5-20-13-15)12-17(26)24-8-10-25(11-9-24)19-21-6-3-7-22-19/h2-7,13H,8-12H2,1H3. The molecule has 0 unspecified atom stereocenters. The number of amides is 1. The highest BCUT2D eigenvalue weighted by Gasteiger charge is 2.24. The molecule has 0 atom stereocenters. The first-order valence-corrected chi connectivity index (χ1v) is 8.87. The first kappa shape index (κ1) is 17.1. The quantitative estimate of drug-likeness (QED) is 0.696. The van der Waals surface area contributed by atoms with E-state index in [1.807, 2.05) is 24.0 Å². The van der Waals surface area contributed by atoms with Crippen LogP contribution in [0.5, 0.6) is 0 Å². The van der Waals surface area contributed by atoms with Crippen molar-refractivity contribution in [1.29, 1.82) is 0 Å². The summed E-state index contributed by atoms with van der Waals surface area (Å²) in [6.45, 7) is 4.55. The van der Waals surface area contributed by atoms with Crippen LogP contribution in [0.25, 0.3) is 11.5 Å². The molecule has 0 aromatic carbocycles. The minimum absolute atomic E-state index is 0.0535. The predicted molar refractivity (Wildman–Crippen MR) is 99.0 cm³/mol. The number of piperazine rings is 1. The average Bonchev–Trinajstić information content (AvgIpc) is 3.10. The Labute approximate surface area is 156 Å². The van der Waals surface area contributed by atoms with Crippen molar-refractivity contribution in [3.63, 3.8) is 0 Å². The van der Waals surface area contributed by atoms with E-state index in [0.29, 0.717) is 49.5 Å². The molecule has 4 rings (SSSR count). The summed E-state index contributed by atoms with van der Waals surface area (Å²) in [5.41, 5.74) is 1.48. The molecular weight excluding hydrogens is 344 g/mol. The highest BCUT2D eigenvalue weighted by Crippen LogP contribution is 2.21. The second-order valence-electron chi connectivity index (χ2n) is 6.36. The second kappa shape index (κ2) is 7.53. The van der Waals surface area contributed by atoms with Crippen molar-refractivity contribution < 1.29 is 9.21 Å². The van der Waals surface area contributed by atoms with E-state index in [0.717, 1.165) is 5.56 Å².